The molecule has 1 saturated carbocycles. The van der Waals surface area contributed by atoms with Crippen LogP contribution in [0.3, 0.4) is 0 Å². The van der Waals surface area contributed by atoms with Gasteiger partial charge in [0.05, 0.1) is 5.92 Å². The van der Waals surface area contributed by atoms with E-state index >= 15 is 0 Å². The second kappa shape index (κ2) is 7.25. The SMILES string of the molecule is CC1(C)CC(=O)C(C(C2=C(O)CC(C)(C)CC2=O)c2cccc(Br)c2)C(=O)C1. The number of aliphatic hydroxyl groups excluding tert-OH is 1. The highest BCUT2D eigenvalue weighted by atomic mass is 79.9. The van der Waals surface area contributed by atoms with Gasteiger partial charge in [0.25, 0.3) is 0 Å². The predicted octanol–water partition coefficient (Wildman–Crippen LogP) is 5.31. The van der Waals surface area contributed by atoms with Crippen LogP contribution in [-0.4, -0.2) is 22.5 Å². The number of carbonyl (C=O) groups excluding carboxylic acids is 3. The Morgan fingerprint density at radius 1 is 0.964 bits per heavy atom. The van der Waals surface area contributed by atoms with Crippen molar-refractivity contribution < 1.29 is 19.5 Å². The standard InChI is InChI=1S/C23H27BrO4/c1-22(2)9-15(25)20(16(26)10-22)19(13-6-5-7-14(24)8-13)21-17(27)11-23(3,4)12-18(21)28/h5-8,19-20,27H,9-12H2,1-4H3. The molecule has 2 aliphatic rings. The van der Waals surface area contributed by atoms with Crippen molar-refractivity contribution in [2.45, 2.75) is 59.3 Å². The van der Waals surface area contributed by atoms with E-state index in [1.807, 2.05) is 52.0 Å². The molecule has 1 unspecified atom stereocenters. The van der Waals surface area contributed by atoms with Crippen LogP contribution < -0.4 is 0 Å². The molecule has 0 radical (unpaired) electrons. The quantitative estimate of drug-likeness (QED) is 0.638. The van der Waals surface area contributed by atoms with Crippen molar-refractivity contribution in [3.63, 3.8) is 0 Å². The Bertz CT molecular complexity index is 858. The lowest BCUT2D eigenvalue weighted by Crippen LogP contribution is -2.43. The molecular formula is C23H27BrO4. The van der Waals surface area contributed by atoms with Crippen LogP contribution in [0.2, 0.25) is 0 Å². The van der Waals surface area contributed by atoms with E-state index < -0.39 is 11.8 Å². The van der Waals surface area contributed by atoms with Crippen LogP contribution in [0.5, 0.6) is 0 Å². The number of ketones is 3. The van der Waals surface area contributed by atoms with Gasteiger partial charge in [0, 0.05) is 41.6 Å². The van der Waals surface area contributed by atoms with Crippen molar-refractivity contribution in [2.24, 2.45) is 16.7 Å². The van der Waals surface area contributed by atoms with Crippen molar-refractivity contribution >= 4 is 33.3 Å². The number of allylic oxidation sites excluding steroid dienone is 2. The van der Waals surface area contributed by atoms with Crippen LogP contribution in [0.15, 0.2) is 40.1 Å². The fraction of sp³-hybridized carbons (Fsp3) is 0.522. The average Bonchev–Trinajstić information content (AvgIpc) is 2.49. The third-order valence-electron chi connectivity index (χ3n) is 5.75. The van der Waals surface area contributed by atoms with E-state index in [4.69, 9.17) is 0 Å². The molecule has 0 bridgehead atoms. The number of carbonyl (C=O) groups is 3. The van der Waals surface area contributed by atoms with Crippen molar-refractivity contribution in [3.05, 3.63) is 45.6 Å². The van der Waals surface area contributed by atoms with Crippen LogP contribution in [0.4, 0.5) is 0 Å². The smallest absolute Gasteiger partial charge is 0.163 e. The Kier molecular flexibility index (Phi) is 5.43. The van der Waals surface area contributed by atoms with Crippen molar-refractivity contribution in [2.75, 3.05) is 0 Å². The Labute approximate surface area is 174 Å². The summed E-state index contributed by atoms with van der Waals surface area (Å²) in [6.45, 7) is 7.70. The Balaban J connectivity index is 2.16. The second-order valence-corrected chi connectivity index (χ2v) is 10.7. The summed E-state index contributed by atoms with van der Waals surface area (Å²) in [4.78, 5) is 39.2. The first-order valence-corrected chi connectivity index (χ1v) is 10.5. The molecule has 2 aliphatic carbocycles. The van der Waals surface area contributed by atoms with Crippen LogP contribution in [0.1, 0.15) is 64.9 Å². The van der Waals surface area contributed by atoms with Gasteiger partial charge in [-0.25, -0.2) is 0 Å². The van der Waals surface area contributed by atoms with Crippen LogP contribution in [0.25, 0.3) is 0 Å². The zero-order valence-corrected chi connectivity index (χ0v) is 18.4. The number of aliphatic hydroxyl groups is 1. The van der Waals surface area contributed by atoms with Gasteiger partial charge in [0.15, 0.2) is 5.78 Å². The van der Waals surface area contributed by atoms with Gasteiger partial charge in [0.1, 0.15) is 17.3 Å². The lowest BCUT2D eigenvalue weighted by Gasteiger charge is -2.39. The average molecular weight is 447 g/mol. The Hall–Kier alpha value is -1.75. The largest absolute Gasteiger partial charge is 0.512 e. The van der Waals surface area contributed by atoms with Crippen LogP contribution >= 0.6 is 15.9 Å². The summed E-state index contributed by atoms with van der Waals surface area (Å²) in [5.74, 6) is -2.13. The molecule has 1 N–H and O–H groups in total. The van der Waals surface area contributed by atoms with Crippen molar-refractivity contribution in [1.82, 2.24) is 0 Å². The zero-order chi connectivity index (χ0) is 20.9. The first kappa shape index (κ1) is 21.0. The Morgan fingerprint density at radius 2 is 1.54 bits per heavy atom. The highest BCUT2D eigenvalue weighted by Gasteiger charge is 2.48. The fourth-order valence-electron chi connectivity index (χ4n) is 4.66. The monoisotopic (exact) mass is 446 g/mol. The summed E-state index contributed by atoms with van der Waals surface area (Å²) in [5.41, 5.74) is 0.232. The van der Waals surface area contributed by atoms with E-state index in [-0.39, 0.29) is 45.9 Å². The van der Waals surface area contributed by atoms with E-state index in [1.165, 1.54) is 0 Å². The number of hydrogen-bond acceptors (Lipinski definition) is 4. The van der Waals surface area contributed by atoms with Gasteiger partial charge in [-0.3, -0.25) is 14.4 Å². The molecule has 28 heavy (non-hydrogen) atoms. The van der Waals surface area contributed by atoms with E-state index in [2.05, 4.69) is 15.9 Å². The van der Waals surface area contributed by atoms with Gasteiger partial charge in [-0.2, -0.15) is 0 Å². The first-order chi connectivity index (χ1) is 12.9. The topological polar surface area (TPSA) is 71.4 Å². The summed E-state index contributed by atoms with van der Waals surface area (Å²) in [7, 11) is 0. The van der Waals surface area contributed by atoms with E-state index in [1.54, 1.807) is 0 Å². The molecule has 1 fully saturated rings. The highest BCUT2D eigenvalue weighted by Crippen LogP contribution is 2.47. The molecule has 1 aromatic carbocycles. The molecule has 0 saturated heterocycles. The minimum absolute atomic E-state index is 0.0108. The molecule has 3 rings (SSSR count). The maximum absolute atomic E-state index is 13.1. The molecule has 0 aliphatic heterocycles. The first-order valence-electron chi connectivity index (χ1n) is 9.66. The molecular weight excluding hydrogens is 420 g/mol. The molecule has 0 heterocycles. The number of benzene rings is 1. The molecule has 4 nitrogen and oxygen atoms in total. The number of Topliss-reactive ketones (excluding diaryl/α,β-unsaturated/α-hetero) is 3. The molecule has 0 amide bonds. The van der Waals surface area contributed by atoms with Gasteiger partial charge in [-0.1, -0.05) is 55.8 Å². The van der Waals surface area contributed by atoms with Crippen LogP contribution in [-0.2, 0) is 14.4 Å². The van der Waals surface area contributed by atoms with Gasteiger partial charge in [0.2, 0.25) is 0 Å². The van der Waals surface area contributed by atoms with Gasteiger partial charge in [-0.05, 0) is 28.5 Å². The maximum Gasteiger partial charge on any atom is 0.163 e. The fourth-order valence-corrected chi connectivity index (χ4v) is 5.07. The molecule has 0 spiro atoms. The van der Waals surface area contributed by atoms with Crippen molar-refractivity contribution in [3.8, 4) is 0 Å². The normalized spacial score (nSPS) is 23.8. The minimum atomic E-state index is -0.926. The summed E-state index contributed by atoms with van der Waals surface area (Å²) >= 11 is 3.44. The minimum Gasteiger partial charge on any atom is -0.512 e. The summed E-state index contributed by atoms with van der Waals surface area (Å²) in [6.07, 6.45) is 1.24. The molecule has 5 heteroatoms. The maximum atomic E-state index is 13.1. The molecule has 0 aromatic heterocycles. The predicted molar refractivity (Wildman–Crippen MR) is 111 cm³/mol. The number of hydrogen-bond donors (Lipinski definition) is 1. The highest BCUT2D eigenvalue weighted by molar-refractivity contribution is 9.10. The van der Waals surface area contributed by atoms with Gasteiger partial charge >= 0.3 is 0 Å². The third-order valence-corrected chi connectivity index (χ3v) is 6.24. The van der Waals surface area contributed by atoms with Crippen LogP contribution in [0, 0.1) is 16.7 Å². The number of halogens is 1. The van der Waals surface area contributed by atoms with Gasteiger partial charge < -0.3 is 5.11 Å². The summed E-state index contributed by atoms with van der Waals surface area (Å²) in [6, 6.07) is 7.33. The van der Waals surface area contributed by atoms with Gasteiger partial charge in [-0.15, -0.1) is 0 Å². The third kappa shape index (κ3) is 4.14. The van der Waals surface area contributed by atoms with E-state index in [9.17, 15) is 19.5 Å². The summed E-state index contributed by atoms with van der Waals surface area (Å²) < 4.78 is 0.801. The zero-order valence-electron chi connectivity index (χ0n) is 16.8. The summed E-state index contributed by atoms with van der Waals surface area (Å²) in [5, 5.41) is 10.8. The molecule has 1 aromatic rings. The lowest BCUT2D eigenvalue weighted by atomic mass is 9.62. The molecule has 1 atom stereocenters. The Morgan fingerprint density at radius 3 is 2.07 bits per heavy atom. The second-order valence-electron chi connectivity index (χ2n) is 9.76. The number of rotatable bonds is 3. The molecule has 150 valence electrons. The van der Waals surface area contributed by atoms with Crippen molar-refractivity contribution in [1.29, 1.82) is 0 Å². The lowest BCUT2D eigenvalue weighted by molar-refractivity contribution is -0.140. The van der Waals surface area contributed by atoms with E-state index in [0.717, 1.165) is 4.47 Å². The van der Waals surface area contributed by atoms with E-state index in [0.29, 0.717) is 24.8 Å².